The number of fused-ring (bicyclic) bond motifs is 1. The van der Waals surface area contributed by atoms with Gasteiger partial charge in [0.2, 0.25) is 0 Å². The van der Waals surface area contributed by atoms with E-state index in [0.717, 1.165) is 16.7 Å². The van der Waals surface area contributed by atoms with Crippen molar-refractivity contribution in [2.24, 2.45) is 4.99 Å². The Morgan fingerprint density at radius 1 is 1.00 bits per heavy atom. The normalized spacial score (nSPS) is 14.2. The van der Waals surface area contributed by atoms with Gasteiger partial charge >= 0.3 is 11.9 Å². The Hall–Kier alpha value is -5.26. The van der Waals surface area contributed by atoms with E-state index in [2.05, 4.69) is 15.9 Å². The Balaban J connectivity index is 1.41. The van der Waals surface area contributed by atoms with Gasteiger partial charge in [-0.1, -0.05) is 72.0 Å². The molecule has 9 nitrogen and oxygen atoms in total. The van der Waals surface area contributed by atoms with Crippen LogP contribution in [0.1, 0.15) is 45.6 Å². The van der Waals surface area contributed by atoms with E-state index < -0.39 is 18.0 Å². The summed E-state index contributed by atoms with van der Waals surface area (Å²) in [5.41, 5.74) is 3.64. The molecule has 1 aliphatic heterocycles. The van der Waals surface area contributed by atoms with Crippen LogP contribution in [-0.4, -0.2) is 35.3 Å². The van der Waals surface area contributed by atoms with Gasteiger partial charge < -0.3 is 19.3 Å². The zero-order chi connectivity index (χ0) is 33.8. The van der Waals surface area contributed by atoms with Crippen molar-refractivity contribution in [2.75, 3.05) is 13.7 Å². The predicted molar refractivity (Wildman–Crippen MR) is 186 cm³/mol. The molecule has 6 rings (SSSR count). The monoisotopic (exact) mass is 724 g/mol. The highest BCUT2D eigenvalue weighted by molar-refractivity contribution is 9.10. The molecule has 1 aromatic heterocycles. The molecule has 0 radical (unpaired) electrons. The molecule has 5 aromatic rings. The van der Waals surface area contributed by atoms with Crippen LogP contribution < -0.4 is 24.4 Å². The van der Waals surface area contributed by atoms with Crippen LogP contribution in [0.5, 0.6) is 11.5 Å². The number of esters is 1. The lowest BCUT2D eigenvalue weighted by atomic mass is 9.93. The van der Waals surface area contributed by atoms with Crippen molar-refractivity contribution in [1.82, 2.24) is 4.57 Å². The van der Waals surface area contributed by atoms with E-state index in [9.17, 15) is 14.4 Å². The Labute approximate surface area is 287 Å². The Bertz CT molecular complexity index is 2210. The second-order valence-electron chi connectivity index (χ2n) is 10.7. The zero-order valence-electron chi connectivity index (χ0n) is 25.9. The molecule has 11 heteroatoms. The Kier molecular flexibility index (Phi) is 9.70. The van der Waals surface area contributed by atoms with Crippen molar-refractivity contribution in [3.8, 4) is 11.5 Å². The second-order valence-corrected chi connectivity index (χ2v) is 12.5. The summed E-state index contributed by atoms with van der Waals surface area (Å²) in [7, 11) is 1.58. The maximum Gasteiger partial charge on any atom is 0.338 e. The summed E-state index contributed by atoms with van der Waals surface area (Å²) in [4.78, 5) is 44.3. The van der Waals surface area contributed by atoms with Crippen LogP contribution in [0.4, 0.5) is 0 Å². The van der Waals surface area contributed by atoms with Gasteiger partial charge in [-0.2, -0.15) is 0 Å². The summed E-state index contributed by atoms with van der Waals surface area (Å²) < 4.78 is 19.5. The highest BCUT2D eigenvalue weighted by Gasteiger charge is 2.35. The van der Waals surface area contributed by atoms with Crippen LogP contribution in [0.2, 0.25) is 0 Å². The second kappa shape index (κ2) is 14.2. The number of ether oxygens (including phenoxy) is 3. The predicted octanol–water partition coefficient (Wildman–Crippen LogP) is 5.98. The third-order valence-electron chi connectivity index (χ3n) is 7.65. The average molecular weight is 726 g/mol. The molecule has 0 amide bonds. The SMILES string of the molecule is CCOC(=O)C1=C(c2ccccc2)N=c2s/c(=C/c3ccc(OCc4ccc(C(=O)O)cc4)c(Br)c3)c(=O)n2[C@H]1c1ccc(OC)cc1. The summed E-state index contributed by atoms with van der Waals surface area (Å²) in [6.07, 6.45) is 1.78. The molecule has 2 heterocycles. The summed E-state index contributed by atoms with van der Waals surface area (Å²) in [5, 5.41) is 9.12. The Morgan fingerprint density at radius 3 is 2.38 bits per heavy atom. The number of hydrogen-bond donors (Lipinski definition) is 1. The molecule has 48 heavy (non-hydrogen) atoms. The van der Waals surface area contributed by atoms with Crippen molar-refractivity contribution in [1.29, 1.82) is 0 Å². The molecular weight excluding hydrogens is 696 g/mol. The molecule has 1 aliphatic rings. The number of carboxylic acid groups (broad SMARTS) is 1. The van der Waals surface area contributed by atoms with Crippen molar-refractivity contribution in [2.45, 2.75) is 19.6 Å². The van der Waals surface area contributed by atoms with Crippen LogP contribution in [0.25, 0.3) is 11.8 Å². The highest BCUT2D eigenvalue weighted by Crippen LogP contribution is 2.36. The lowest BCUT2D eigenvalue weighted by Gasteiger charge is -2.26. The fourth-order valence-electron chi connectivity index (χ4n) is 5.32. The summed E-state index contributed by atoms with van der Waals surface area (Å²) in [6, 6.07) is 27.8. The van der Waals surface area contributed by atoms with Crippen molar-refractivity contribution >= 4 is 51.0 Å². The summed E-state index contributed by atoms with van der Waals surface area (Å²) in [6.45, 7) is 2.15. The fraction of sp³-hybridized carbons (Fsp3) is 0.135. The molecule has 4 aromatic carbocycles. The van der Waals surface area contributed by atoms with Crippen LogP contribution in [0.3, 0.4) is 0 Å². The molecule has 0 saturated carbocycles. The standard InChI is InChI=1S/C37H29BrN2O7S/c1-3-46-36(44)31-32(24-7-5-4-6-8-24)39-37-40(33(31)25-14-16-27(45-2)17-15-25)34(41)30(48-37)20-23-11-18-29(28(38)19-23)47-21-22-9-12-26(13-10-22)35(42)43/h4-20,33H,3,21H2,1-2H3,(H,42,43)/b30-20+/t33-/m0/s1. The van der Waals surface area contributed by atoms with Crippen molar-refractivity contribution < 1.29 is 28.9 Å². The lowest BCUT2D eigenvalue weighted by Crippen LogP contribution is -2.40. The molecule has 1 N–H and O–H groups in total. The van der Waals surface area contributed by atoms with Crippen LogP contribution in [-0.2, 0) is 16.1 Å². The highest BCUT2D eigenvalue weighted by atomic mass is 79.9. The number of methoxy groups -OCH3 is 1. The fourth-order valence-corrected chi connectivity index (χ4v) is 6.83. The van der Waals surface area contributed by atoms with Gasteiger partial charge in [0.05, 0.1) is 45.6 Å². The topological polar surface area (TPSA) is 116 Å². The van der Waals surface area contributed by atoms with E-state index in [-0.39, 0.29) is 29.9 Å². The minimum Gasteiger partial charge on any atom is -0.497 e. The lowest BCUT2D eigenvalue weighted by molar-refractivity contribution is -0.138. The number of rotatable bonds is 10. The number of carbonyl (C=O) groups excluding carboxylic acids is 1. The van der Waals surface area contributed by atoms with E-state index >= 15 is 0 Å². The molecule has 242 valence electrons. The zero-order valence-corrected chi connectivity index (χ0v) is 28.3. The average Bonchev–Trinajstić information content (AvgIpc) is 3.41. The van der Waals surface area contributed by atoms with E-state index in [1.165, 1.54) is 23.5 Å². The molecule has 0 spiro atoms. The first-order chi connectivity index (χ1) is 23.3. The van der Waals surface area contributed by atoms with E-state index in [1.807, 2.05) is 54.6 Å². The number of carboxylic acids is 1. The smallest absolute Gasteiger partial charge is 0.338 e. The molecule has 0 aliphatic carbocycles. The van der Waals surface area contributed by atoms with E-state index in [1.54, 1.807) is 55.0 Å². The van der Waals surface area contributed by atoms with Gasteiger partial charge in [0.15, 0.2) is 4.80 Å². The van der Waals surface area contributed by atoms with Gasteiger partial charge in [-0.05, 0) is 82.0 Å². The maximum atomic E-state index is 14.2. The van der Waals surface area contributed by atoms with E-state index in [0.29, 0.717) is 36.6 Å². The number of halogens is 1. The largest absolute Gasteiger partial charge is 0.497 e. The van der Waals surface area contributed by atoms with Crippen molar-refractivity contribution in [3.05, 3.63) is 155 Å². The first kappa shape index (κ1) is 32.7. The van der Waals surface area contributed by atoms with Gasteiger partial charge in [0.25, 0.3) is 5.56 Å². The van der Waals surface area contributed by atoms with Gasteiger partial charge in [-0.3, -0.25) is 9.36 Å². The number of carbonyl (C=O) groups is 2. The molecule has 0 saturated heterocycles. The number of nitrogens with zero attached hydrogens (tertiary/aromatic N) is 2. The van der Waals surface area contributed by atoms with E-state index in [4.69, 9.17) is 24.3 Å². The quantitative estimate of drug-likeness (QED) is 0.176. The summed E-state index contributed by atoms with van der Waals surface area (Å²) in [5.74, 6) is -0.305. The first-order valence-corrected chi connectivity index (χ1v) is 16.6. The number of aromatic carboxylic acids is 1. The van der Waals surface area contributed by atoms with Gasteiger partial charge in [-0.15, -0.1) is 0 Å². The number of thiazole rings is 1. The molecule has 1 atom stereocenters. The third-order valence-corrected chi connectivity index (χ3v) is 9.26. The van der Waals surface area contributed by atoms with Gasteiger partial charge in [0.1, 0.15) is 18.1 Å². The third kappa shape index (κ3) is 6.73. The number of aromatic nitrogens is 1. The molecule has 0 bridgehead atoms. The molecule has 0 fully saturated rings. The van der Waals surface area contributed by atoms with Crippen LogP contribution in [0.15, 0.2) is 117 Å². The number of hydrogen-bond acceptors (Lipinski definition) is 8. The summed E-state index contributed by atoms with van der Waals surface area (Å²) >= 11 is 4.81. The molecular formula is C37H29BrN2O7S. The van der Waals surface area contributed by atoms with Crippen molar-refractivity contribution in [3.63, 3.8) is 0 Å². The van der Waals surface area contributed by atoms with Crippen LogP contribution in [0, 0.1) is 0 Å². The Morgan fingerprint density at radius 2 is 1.73 bits per heavy atom. The van der Waals surface area contributed by atoms with Gasteiger partial charge in [0, 0.05) is 5.56 Å². The minimum absolute atomic E-state index is 0.162. The molecule has 0 unspecified atom stereocenters. The minimum atomic E-state index is -0.986. The van der Waals surface area contributed by atoms with Gasteiger partial charge in [-0.25, -0.2) is 14.6 Å². The van der Waals surface area contributed by atoms with Crippen LogP contribution >= 0.6 is 27.3 Å². The maximum absolute atomic E-state index is 14.2. The number of benzene rings is 4. The first-order valence-electron chi connectivity index (χ1n) is 14.9.